The van der Waals surface area contributed by atoms with Crippen molar-refractivity contribution in [3.05, 3.63) is 28.8 Å². The van der Waals surface area contributed by atoms with Crippen LogP contribution in [0.4, 0.5) is 0 Å². The van der Waals surface area contributed by atoms with E-state index >= 15 is 0 Å². The maximum absolute atomic E-state index is 5.94. The molecule has 0 saturated carbocycles. The third kappa shape index (κ3) is 2.39. The topological polar surface area (TPSA) is 9.23 Å². The van der Waals surface area contributed by atoms with Crippen molar-refractivity contribution in [2.45, 2.75) is 12.3 Å². The Morgan fingerprint density at radius 1 is 1.50 bits per heavy atom. The normalized spacial score (nSPS) is 9.92. The van der Waals surface area contributed by atoms with E-state index in [-0.39, 0.29) is 0 Å². The molecule has 0 heterocycles. The Kier molecular flexibility index (Phi) is 3.89. The minimum absolute atomic E-state index is 0.646. The van der Waals surface area contributed by atoms with Crippen LogP contribution in [0, 0.1) is 0 Å². The highest BCUT2D eigenvalue weighted by Gasteiger charge is 2.00. The molecule has 0 radical (unpaired) electrons. The van der Waals surface area contributed by atoms with Gasteiger partial charge >= 0.3 is 0 Å². The summed E-state index contributed by atoms with van der Waals surface area (Å²) in [4.78, 5) is 0. The lowest BCUT2D eigenvalue weighted by atomic mass is 10.2. The number of halogens is 2. The summed E-state index contributed by atoms with van der Waals surface area (Å²) >= 11 is 9.30. The van der Waals surface area contributed by atoms with Crippen LogP contribution < -0.4 is 4.74 Å². The molecular formula is C9H10BrClO. The van der Waals surface area contributed by atoms with E-state index in [1.807, 2.05) is 25.1 Å². The first-order valence-electron chi connectivity index (χ1n) is 3.75. The molecule has 0 spiro atoms. The Hall–Kier alpha value is -0.210. The van der Waals surface area contributed by atoms with E-state index in [0.29, 0.717) is 11.6 Å². The highest BCUT2D eigenvalue weighted by molar-refractivity contribution is 9.08. The Morgan fingerprint density at radius 3 is 2.75 bits per heavy atom. The van der Waals surface area contributed by atoms with Crippen molar-refractivity contribution < 1.29 is 4.74 Å². The fourth-order valence-corrected chi connectivity index (χ4v) is 1.51. The van der Waals surface area contributed by atoms with Crippen molar-refractivity contribution in [3.63, 3.8) is 0 Å². The molecule has 0 unspecified atom stereocenters. The first-order valence-corrected chi connectivity index (χ1v) is 5.25. The first-order chi connectivity index (χ1) is 5.77. The van der Waals surface area contributed by atoms with Crippen LogP contribution >= 0.6 is 27.5 Å². The lowest BCUT2D eigenvalue weighted by Gasteiger charge is -2.05. The molecule has 1 aromatic rings. The van der Waals surface area contributed by atoms with Gasteiger partial charge in [0.2, 0.25) is 0 Å². The molecule has 0 bridgehead atoms. The van der Waals surface area contributed by atoms with Crippen LogP contribution in [-0.2, 0) is 5.33 Å². The molecule has 1 aromatic carbocycles. The monoisotopic (exact) mass is 248 g/mol. The number of hydrogen-bond donors (Lipinski definition) is 0. The average molecular weight is 250 g/mol. The Labute approximate surface area is 85.8 Å². The van der Waals surface area contributed by atoms with Gasteiger partial charge in [-0.1, -0.05) is 33.6 Å². The van der Waals surface area contributed by atoms with Crippen LogP contribution in [0.15, 0.2) is 18.2 Å². The van der Waals surface area contributed by atoms with Gasteiger partial charge in [0.05, 0.1) is 11.6 Å². The van der Waals surface area contributed by atoms with Gasteiger partial charge in [-0.3, -0.25) is 0 Å². The maximum atomic E-state index is 5.94. The third-order valence-electron chi connectivity index (χ3n) is 1.45. The largest absolute Gasteiger partial charge is 0.492 e. The molecule has 1 rings (SSSR count). The summed E-state index contributed by atoms with van der Waals surface area (Å²) < 4.78 is 5.29. The van der Waals surface area contributed by atoms with Gasteiger partial charge < -0.3 is 4.74 Å². The zero-order valence-corrected chi connectivity index (χ0v) is 9.15. The molecule has 0 fully saturated rings. The zero-order chi connectivity index (χ0) is 8.97. The van der Waals surface area contributed by atoms with Crippen LogP contribution in [0.2, 0.25) is 5.02 Å². The van der Waals surface area contributed by atoms with Gasteiger partial charge in [-0.05, 0) is 24.6 Å². The van der Waals surface area contributed by atoms with Gasteiger partial charge in [-0.15, -0.1) is 0 Å². The van der Waals surface area contributed by atoms with Gasteiger partial charge in [0.15, 0.2) is 0 Å². The molecular weight excluding hydrogens is 239 g/mol. The van der Waals surface area contributed by atoms with Gasteiger partial charge in [-0.2, -0.15) is 0 Å². The quantitative estimate of drug-likeness (QED) is 0.743. The second-order valence-corrected chi connectivity index (χ2v) is 3.30. The van der Waals surface area contributed by atoms with Crippen molar-refractivity contribution in [3.8, 4) is 5.75 Å². The lowest BCUT2D eigenvalue weighted by molar-refractivity contribution is 0.340. The van der Waals surface area contributed by atoms with E-state index in [1.54, 1.807) is 0 Å². The highest BCUT2D eigenvalue weighted by Crippen LogP contribution is 2.26. The summed E-state index contributed by atoms with van der Waals surface area (Å²) in [6, 6.07) is 5.79. The lowest BCUT2D eigenvalue weighted by Crippen LogP contribution is -1.92. The van der Waals surface area contributed by atoms with Crippen molar-refractivity contribution in [1.82, 2.24) is 0 Å². The second-order valence-electron chi connectivity index (χ2n) is 2.33. The Morgan fingerprint density at radius 2 is 2.25 bits per heavy atom. The van der Waals surface area contributed by atoms with Gasteiger partial charge in [0.1, 0.15) is 5.75 Å². The summed E-state index contributed by atoms with van der Waals surface area (Å²) in [6.07, 6.45) is 0. The van der Waals surface area contributed by atoms with E-state index in [4.69, 9.17) is 16.3 Å². The van der Waals surface area contributed by atoms with Gasteiger partial charge in [-0.25, -0.2) is 0 Å². The fourth-order valence-electron chi connectivity index (χ4n) is 0.900. The van der Waals surface area contributed by atoms with E-state index in [1.165, 1.54) is 0 Å². The Balaban J connectivity index is 2.87. The number of benzene rings is 1. The fraction of sp³-hybridized carbons (Fsp3) is 0.333. The molecule has 0 saturated heterocycles. The van der Waals surface area contributed by atoms with Crippen LogP contribution in [0.25, 0.3) is 0 Å². The SMILES string of the molecule is CCOc1ccc(CBr)cc1Cl. The summed E-state index contributed by atoms with van der Waals surface area (Å²) in [5.41, 5.74) is 1.16. The molecule has 3 heteroatoms. The summed E-state index contributed by atoms with van der Waals surface area (Å²) in [6.45, 7) is 2.59. The van der Waals surface area contributed by atoms with Crippen LogP contribution in [0.5, 0.6) is 5.75 Å². The molecule has 0 aliphatic rings. The molecule has 12 heavy (non-hydrogen) atoms. The minimum Gasteiger partial charge on any atom is -0.492 e. The smallest absolute Gasteiger partial charge is 0.137 e. The van der Waals surface area contributed by atoms with E-state index < -0.39 is 0 Å². The molecule has 0 aliphatic heterocycles. The zero-order valence-electron chi connectivity index (χ0n) is 6.81. The number of rotatable bonds is 3. The van der Waals surface area contributed by atoms with Gasteiger partial charge in [0, 0.05) is 5.33 Å². The number of alkyl halides is 1. The molecule has 1 nitrogen and oxygen atoms in total. The van der Waals surface area contributed by atoms with Crippen molar-refractivity contribution in [1.29, 1.82) is 0 Å². The average Bonchev–Trinajstić information content (AvgIpc) is 2.09. The molecule has 0 N–H and O–H groups in total. The minimum atomic E-state index is 0.646. The van der Waals surface area contributed by atoms with E-state index in [2.05, 4.69) is 15.9 Å². The molecule has 0 amide bonds. The van der Waals surface area contributed by atoms with E-state index in [9.17, 15) is 0 Å². The standard InChI is InChI=1S/C9H10BrClO/c1-2-12-9-4-3-7(6-10)5-8(9)11/h3-5H,2,6H2,1H3. The summed E-state index contributed by atoms with van der Waals surface area (Å²) in [7, 11) is 0. The molecule has 0 atom stereocenters. The number of hydrogen-bond acceptors (Lipinski definition) is 1. The Bertz CT molecular complexity index is 263. The van der Waals surface area contributed by atoms with Crippen LogP contribution in [0.1, 0.15) is 12.5 Å². The highest BCUT2D eigenvalue weighted by atomic mass is 79.9. The molecule has 0 aromatic heterocycles. The maximum Gasteiger partial charge on any atom is 0.137 e. The summed E-state index contributed by atoms with van der Waals surface area (Å²) in [5.74, 6) is 0.754. The molecule has 0 aliphatic carbocycles. The number of ether oxygens (including phenoxy) is 1. The van der Waals surface area contributed by atoms with Crippen molar-refractivity contribution in [2.24, 2.45) is 0 Å². The van der Waals surface area contributed by atoms with Crippen LogP contribution in [0.3, 0.4) is 0 Å². The first kappa shape index (κ1) is 9.87. The third-order valence-corrected chi connectivity index (χ3v) is 2.39. The van der Waals surface area contributed by atoms with Crippen molar-refractivity contribution >= 4 is 27.5 Å². The molecule has 66 valence electrons. The van der Waals surface area contributed by atoms with Crippen molar-refractivity contribution in [2.75, 3.05) is 6.61 Å². The second kappa shape index (κ2) is 4.73. The van der Waals surface area contributed by atoms with E-state index in [0.717, 1.165) is 16.6 Å². The van der Waals surface area contributed by atoms with Crippen LogP contribution in [-0.4, -0.2) is 6.61 Å². The predicted molar refractivity (Wildman–Crippen MR) is 55.3 cm³/mol. The predicted octanol–water partition coefficient (Wildman–Crippen LogP) is 3.63. The summed E-state index contributed by atoms with van der Waals surface area (Å²) in [5, 5.41) is 1.49. The van der Waals surface area contributed by atoms with Gasteiger partial charge in [0.25, 0.3) is 0 Å².